The second-order valence-corrected chi connectivity index (χ2v) is 1.59. The maximum atomic E-state index is 12.1. The molecule has 0 aromatic heterocycles. The van der Waals surface area contributed by atoms with Gasteiger partial charge in [-0.1, -0.05) is 25.7 Å². The molecule has 0 atom stereocenters. The number of rotatable bonds is 3. The molecule has 0 bridgehead atoms. The minimum Gasteiger partial charge on any atom is -0.207 e. The Balaban J connectivity index is 3.68. The van der Waals surface area contributed by atoms with Crippen LogP contribution < -0.4 is 0 Å². The van der Waals surface area contributed by atoms with Crippen molar-refractivity contribution in [3.05, 3.63) is 36.7 Å². The molecule has 0 saturated heterocycles. The highest BCUT2D eigenvalue weighted by molar-refractivity contribution is 5.15. The first-order valence-electron chi connectivity index (χ1n) is 2.96. The lowest BCUT2D eigenvalue weighted by Gasteiger charge is -1.78. The Morgan fingerprint density at radius 1 is 1.67 bits per heavy atom. The van der Waals surface area contributed by atoms with Gasteiger partial charge < -0.3 is 0 Å². The number of allylic oxidation sites excluding steroid dienone is 5. The molecule has 0 rings (SSSR count). The van der Waals surface area contributed by atoms with Crippen molar-refractivity contribution in [1.82, 2.24) is 0 Å². The molecule has 0 aliphatic carbocycles. The van der Waals surface area contributed by atoms with Crippen LogP contribution in [0.2, 0.25) is 0 Å². The molecule has 0 saturated carbocycles. The fourth-order valence-electron chi connectivity index (χ4n) is 0.364. The smallest absolute Gasteiger partial charge is 0.122 e. The molecule has 0 aliphatic rings. The fraction of sp³-hybridized carbons (Fsp3) is 0.250. The molecule has 0 nitrogen and oxygen atoms in total. The lowest BCUT2D eigenvalue weighted by atomic mass is 10.4. The van der Waals surface area contributed by atoms with Crippen LogP contribution in [0.25, 0.3) is 0 Å². The van der Waals surface area contributed by atoms with Gasteiger partial charge in [-0.25, -0.2) is 4.39 Å². The zero-order chi connectivity index (χ0) is 7.11. The van der Waals surface area contributed by atoms with E-state index in [1.54, 1.807) is 6.08 Å². The third kappa shape index (κ3) is 5.01. The predicted molar refractivity (Wildman–Crippen MR) is 38.8 cm³/mol. The van der Waals surface area contributed by atoms with Crippen molar-refractivity contribution < 1.29 is 4.39 Å². The van der Waals surface area contributed by atoms with Crippen LogP contribution in [0, 0.1) is 0 Å². The van der Waals surface area contributed by atoms with Gasteiger partial charge in [-0.15, -0.1) is 0 Å². The molecule has 0 spiro atoms. The van der Waals surface area contributed by atoms with E-state index in [1.807, 2.05) is 13.0 Å². The predicted octanol–water partition coefficient (Wildman–Crippen LogP) is 2.99. The van der Waals surface area contributed by atoms with E-state index in [1.165, 1.54) is 12.2 Å². The maximum absolute atomic E-state index is 12.1. The van der Waals surface area contributed by atoms with E-state index >= 15 is 0 Å². The molecule has 9 heavy (non-hydrogen) atoms. The van der Waals surface area contributed by atoms with Gasteiger partial charge in [0.05, 0.1) is 0 Å². The third-order valence-corrected chi connectivity index (χ3v) is 0.822. The highest BCUT2D eigenvalue weighted by Crippen LogP contribution is 1.96. The van der Waals surface area contributed by atoms with Crippen LogP contribution in [-0.4, -0.2) is 0 Å². The standard InChI is InChI=1S/C8H11F/c1-3-5-6-7-8(9)4-2/h4-7H,2-3H2,1H3/b6-5+,8-7+. The van der Waals surface area contributed by atoms with Crippen molar-refractivity contribution in [2.45, 2.75) is 13.3 Å². The molecule has 0 aromatic rings. The summed E-state index contributed by atoms with van der Waals surface area (Å²) in [5.41, 5.74) is 0. The van der Waals surface area contributed by atoms with Crippen LogP contribution in [0.5, 0.6) is 0 Å². The van der Waals surface area contributed by atoms with Crippen LogP contribution in [0.4, 0.5) is 4.39 Å². The van der Waals surface area contributed by atoms with Gasteiger partial charge in [0.15, 0.2) is 0 Å². The average molecular weight is 126 g/mol. The van der Waals surface area contributed by atoms with E-state index in [2.05, 4.69) is 6.58 Å². The van der Waals surface area contributed by atoms with E-state index in [0.717, 1.165) is 6.42 Å². The van der Waals surface area contributed by atoms with Crippen molar-refractivity contribution >= 4 is 0 Å². The average Bonchev–Trinajstić information content (AvgIpc) is 1.89. The minimum atomic E-state index is -0.292. The second-order valence-electron chi connectivity index (χ2n) is 1.59. The van der Waals surface area contributed by atoms with E-state index in [0.29, 0.717) is 0 Å². The van der Waals surface area contributed by atoms with Crippen LogP contribution in [0.3, 0.4) is 0 Å². The molecule has 0 N–H and O–H groups in total. The van der Waals surface area contributed by atoms with Gasteiger partial charge in [-0.3, -0.25) is 0 Å². The minimum absolute atomic E-state index is 0.292. The Bertz CT molecular complexity index is 132. The van der Waals surface area contributed by atoms with Gasteiger partial charge in [0.1, 0.15) is 5.83 Å². The van der Waals surface area contributed by atoms with E-state index in [4.69, 9.17) is 0 Å². The van der Waals surface area contributed by atoms with Crippen molar-refractivity contribution in [2.75, 3.05) is 0 Å². The first-order chi connectivity index (χ1) is 4.31. The Labute approximate surface area is 55.4 Å². The van der Waals surface area contributed by atoms with Crippen molar-refractivity contribution in [3.8, 4) is 0 Å². The molecule has 0 radical (unpaired) electrons. The Kier molecular flexibility index (Phi) is 4.79. The summed E-state index contributed by atoms with van der Waals surface area (Å²) in [7, 11) is 0. The molecular formula is C8H11F. The summed E-state index contributed by atoms with van der Waals surface area (Å²) >= 11 is 0. The highest BCUT2D eigenvalue weighted by Gasteiger charge is 1.77. The monoisotopic (exact) mass is 126 g/mol. The quantitative estimate of drug-likeness (QED) is 0.510. The summed E-state index contributed by atoms with van der Waals surface area (Å²) in [5.74, 6) is -0.292. The molecule has 0 amide bonds. The van der Waals surface area contributed by atoms with Crippen molar-refractivity contribution in [3.63, 3.8) is 0 Å². The van der Waals surface area contributed by atoms with Crippen molar-refractivity contribution in [2.24, 2.45) is 0 Å². The summed E-state index contributed by atoms with van der Waals surface area (Å²) in [6.45, 7) is 5.26. The largest absolute Gasteiger partial charge is 0.207 e. The third-order valence-electron chi connectivity index (χ3n) is 0.822. The first-order valence-corrected chi connectivity index (χ1v) is 2.96. The molecule has 0 unspecified atom stereocenters. The second kappa shape index (κ2) is 5.29. The lowest BCUT2D eigenvalue weighted by molar-refractivity contribution is 0.668. The van der Waals surface area contributed by atoms with Gasteiger partial charge >= 0.3 is 0 Å². The summed E-state index contributed by atoms with van der Waals surface area (Å²) in [6, 6.07) is 0. The highest BCUT2D eigenvalue weighted by atomic mass is 19.1. The molecule has 0 aliphatic heterocycles. The zero-order valence-corrected chi connectivity index (χ0v) is 5.60. The summed E-state index contributed by atoms with van der Waals surface area (Å²) < 4.78 is 12.1. The SMILES string of the molecule is C=C/C(F)=C\C=C\CC. The van der Waals surface area contributed by atoms with Crippen LogP contribution >= 0.6 is 0 Å². The molecule has 0 fully saturated rings. The van der Waals surface area contributed by atoms with Crippen molar-refractivity contribution in [1.29, 1.82) is 0 Å². The van der Waals surface area contributed by atoms with Gasteiger partial charge in [-0.2, -0.15) is 0 Å². The summed E-state index contributed by atoms with van der Waals surface area (Å²) in [6.07, 6.45) is 7.05. The van der Waals surface area contributed by atoms with Gasteiger partial charge in [-0.05, 0) is 18.6 Å². The Morgan fingerprint density at radius 3 is 2.78 bits per heavy atom. The molecule has 0 aromatic carbocycles. The molecule has 1 heteroatoms. The normalized spacial score (nSPS) is 12.4. The van der Waals surface area contributed by atoms with Crippen LogP contribution in [0.15, 0.2) is 36.7 Å². The van der Waals surface area contributed by atoms with Gasteiger partial charge in [0.25, 0.3) is 0 Å². The topological polar surface area (TPSA) is 0 Å². The van der Waals surface area contributed by atoms with Crippen LogP contribution in [0.1, 0.15) is 13.3 Å². The van der Waals surface area contributed by atoms with E-state index in [-0.39, 0.29) is 5.83 Å². The van der Waals surface area contributed by atoms with E-state index in [9.17, 15) is 4.39 Å². The Hall–Kier alpha value is -0.850. The molecule has 50 valence electrons. The number of hydrogen-bond donors (Lipinski definition) is 0. The molecule has 0 heterocycles. The Morgan fingerprint density at radius 2 is 2.33 bits per heavy atom. The summed E-state index contributed by atoms with van der Waals surface area (Å²) in [4.78, 5) is 0. The lowest BCUT2D eigenvalue weighted by Crippen LogP contribution is -1.59. The maximum Gasteiger partial charge on any atom is 0.122 e. The first kappa shape index (κ1) is 8.15. The molecular weight excluding hydrogens is 115 g/mol. The van der Waals surface area contributed by atoms with Gasteiger partial charge in [0.2, 0.25) is 0 Å². The fourth-order valence-corrected chi connectivity index (χ4v) is 0.364. The zero-order valence-electron chi connectivity index (χ0n) is 5.60. The number of hydrogen-bond acceptors (Lipinski definition) is 0. The van der Waals surface area contributed by atoms with Crippen LogP contribution in [-0.2, 0) is 0 Å². The van der Waals surface area contributed by atoms with E-state index < -0.39 is 0 Å². The van der Waals surface area contributed by atoms with Gasteiger partial charge in [0, 0.05) is 0 Å². The summed E-state index contributed by atoms with van der Waals surface area (Å²) in [5, 5.41) is 0. The number of halogens is 1.